The first-order valence-electron chi connectivity index (χ1n) is 6.68. The van der Waals surface area contributed by atoms with Crippen molar-refractivity contribution in [3.63, 3.8) is 0 Å². The van der Waals surface area contributed by atoms with Crippen LogP contribution in [0, 0.1) is 5.92 Å². The third-order valence-electron chi connectivity index (χ3n) is 3.71. The van der Waals surface area contributed by atoms with Crippen molar-refractivity contribution < 1.29 is 19.4 Å². The zero-order valence-corrected chi connectivity index (χ0v) is 11.2. The molecule has 1 aromatic carbocycles. The molecule has 0 bridgehead atoms. The Balaban J connectivity index is 1.78. The minimum atomic E-state index is -0.913. The van der Waals surface area contributed by atoms with Gasteiger partial charge >= 0.3 is 5.97 Å². The largest absolute Gasteiger partial charge is 0.493 e. The molecule has 0 aromatic heterocycles. The zero-order chi connectivity index (χ0) is 13.7. The Kier molecular flexibility index (Phi) is 4.80. The molecule has 2 rings (SSSR count). The van der Waals surface area contributed by atoms with Crippen molar-refractivity contribution in [2.24, 2.45) is 5.92 Å². The highest BCUT2D eigenvalue weighted by atomic mass is 16.5. The van der Waals surface area contributed by atoms with E-state index in [1.54, 1.807) is 31.4 Å². The number of rotatable bonds is 5. The molecule has 1 aromatic rings. The average Bonchev–Trinajstić information content (AvgIpc) is 2.46. The van der Waals surface area contributed by atoms with Crippen LogP contribution in [0.3, 0.4) is 0 Å². The number of aromatic carboxylic acids is 1. The molecule has 0 spiro atoms. The van der Waals surface area contributed by atoms with Crippen LogP contribution in [-0.2, 0) is 4.74 Å². The standard InChI is InChI=1S/C15H20O4/c1-18-13-6-2-11(3-7-13)10-19-14-8-4-12(5-9-14)15(16)17/h4-5,8-9,11,13H,2-3,6-7,10H2,1H3,(H,16,17). The normalized spacial score (nSPS) is 23.0. The number of carboxylic acids is 1. The summed E-state index contributed by atoms with van der Waals surface area (Å²) in [6, 6.07) is 6.56. The first-order chi connectivity index (χ1) is 9.19. The molecule has 4 nitrogen and oxygen atoms in total. The van der Waals surface area contributed by atoms with Crippen LogP contribution in [0.4, 0.5) is 0 Å². The Morgan fingerprint density at radius 3 is 2.37 bits per heavy atom. The SMILES string of the molecule is COC1CCC(COc2ccc(C(=O)O)cc2)CC1. The fourth-order valence-corrected chi connectivity index (χ4v) is 2.44. The minimum Gasteiger partial charge on any atom is -0.493 e. The van der Waals surface area contributed by atoms with Gasteiger partial charge in [-0.15, -0.1) is 0 Å². The molecular formula is C15H20O4. The van der Waals surface area contributed by atoms with E-state index in [-0.39, 0.29) is 5.56 Å². The van der Waals surface area contributed by atoms with Crippen LogP contribution < -0.4 is 4.74 Å². The fraction of sp³-hybridized carbons (Fsp3) is 0.533. The number of hydrogen-bond donors (Lipinski definition) is 1. The average molecular weight is 264 g/mol. The molecule has 0 aliphatic heterocycles. The molecule has 0 unspecified atom stereocenters. The summed E-state index contributed by atoms with van der Waals surface area (Å²) in [5.74, 6) is 0.397. The second-order valence-electron chi connectivity index (χ2n) is 5.02. The van der Waals surface area contributed by atoms with Gasteiger partial charge in [-0.25, -0.2) is 4.79 Å². The van der Waals surface area contributed by atoms with Crippen LogP contribution in [0.5, 0.6) is 5.75 Å². The van der Waals surface area contributed by atoms with Crippen molar-refractivity contribution in [1.82, 2.24) is 0 Å². The number of ether oxygens (including phenoxy) is 2. The van der Waals surface area contributed by atoms with Crippen LogP contribution in [0.15, 0.2) is 24.3 Å². The monoisotopic (exact) mass is 264 g/mol. The van der Waals surface area contributed by atoms with Gasteiger partial charge in [0.25, 0.3) is 0 Å². The summed E-state index contributed by atoms with van der Waals surface area (Å²) in [4.78, 5) is 10.7. The first-order valence-corrected chi connectivity index (χ1v) is 6.68. The van der Waals surface area contributed by atoms with Gasteiger partial charge in [0.1, 0.15) is 5.75 Å². The van der Waals surface area contributed by atoms with Gasteiger partial charge in [0, 0.05) is 7.11 Å². The van der Waals surface area contributed by atoms with Crippen LogP contribution >= 0.6 is 0 Å². The molecule has 0 saturated heterocycles. The molecule has 104 valence electrons. The van der Waals surface area contributed by atoms with E-state index in [0.717, 1.165) is 31.4 Å². The lowest BCUT2D eigenvalue weighted by molar-refractivity contribution is 0.0482. The van der Waals surface area contributed by atoms with E-state index in [1.165, 1.54) is 0 Å². The van der Waals surface area contributed by atoms with Crippen molar-refractivity contribution in [3.8, 4) is 5.75 Å². The van der Waals surface area contributed by atoms with Crippen LogP contribution in [0.1, 0.15) is 36.0 Å². The topological polar surface area (TPSA) is 55.8 Å². The maximum Gasteiger partial charge on any atom is 0.335 e. The molecule has 1 fully saturated rings. The van der Waals surface area contributed by atoms with Gasteiger partial charge in [-0.3, -0.25) is 0 Å². The molecule has 0 atom stereocenters. The van der Waals surface area contributed by atoms with Gasteiger partial charge in [-0.1, -0.05) is 0 Å². The summed E-state index contributed by atoms with van der Waals surface area (Å²) >= 11 is 0. The minimum absolute atomic E-state index is 0.285. The maximum atomic E-state index is 10.7. The lowest BCUT2D eigenvalue weighted by atomic mass is 9.88. The smallest absolute Gasteiger partial charge is 0.335 e. The number of hydrogen-bond acceptors (Lipinski definition) is 3. The highest BCUT2D eigenvalue weighted by Gasteiger charge is 2.21. The maximum absolute atomic E-state index is 10.7. The van der Waals surface area contributed by atoms with Gasteiger partial charge < -0.3 is 14.6 Å². The molecule has 19 heavy (non-hydrogen) atoms. The molecule has 1 aliphatic carbocycles. The van der Waals surface area contributed by atoms with Gasteiger partial charge in [-0.05, 0) is 55.9 Å². The van der Waals surface area contributed by atoms with Crippen molar-refractivity contribution in [2.75, 3.05) is 13.7 Å². The van der Waals surface area contributed by atoms with Gasteiger partial charge in [-0.2, -0.15) is 0 Å². The Hall–Kier alpha value is -1.55. The molecule has 4 heteroatoms. The highest BCUT2D eigenvalue weighted by Crippen LogP contribution is 2.26. The summed E-state index contributed by atoms with van der Waals surface area (Å²) < 4.78 is 11.1. The van der Waals surface area contributed by atoms with Gasteiger partial charge in [0.05, 0.1) is 18.3 Å². The van der Waals surface area contributed by atoms with Crippen LogP contribution in [0.2, 0.25) is 0 Å². The Morgan fingerprint density at radius 2 is 1.84 bits per heavy atom. The number of benzene rings is 1. The lowest BCUT2D eigenvalue weighted by Gasteiger charge is -2.27. The van der Waals surface area contributed by atoms with Crippen molar-refractivity contribution in [2.45, 2.75) is 31.8 Å². The Labute approximate surface area is 113 Å². The van der Waals surface area contributed by atoms with Crippen LogP contribution in [0.25, 0.3) is 0 Å². The molecule has 0 heterocycles. The van der Waals surface area contributed by atoms with E-state index in [2.05, 4.69) is 0 Å². The zero-order valence-electron chi connectivity index (χ0n) is 11.2. The predicted octanol–water partition coefficient (Wildman–Crippen LogP) is 2.97. The lowest BCUT2D eigenvalue weighted by Crippen LogP contribution is -2.24. The van der Waals surface area contributed by atoms with Crippen molar-refractivity contribution in [3.05, 3.63) is 29.8 Å². The van der Waals surface area contributed by atoms with E-state index >= 15 is 0 Å². The molecule has 1 aliphatic rings. The van der Waals surface area contributed by atoms with Crippen LogP contribution in [-0.4, -0.2) is 30.9 Å². The Bertz CT molecular complexity index is 405. The second-order valence-corrected chi connectivity index (χ2v) is 5.02. The number of methoxy groups -OCH3 is 1. The summed E-state index contributed by atoms with van der Waals surface area (Å²) in [6.07, 6.45) is 4.87. The first kappa shape index (κ1) is 13.9. The molecule has 0 radical (unpaired) electrons. The van der Waals surface area contributed by atoms with E-state index in [1.807, 2.05) is 0 Å². The summed E-state index contributed by atoms with van der Waals surface area (Å²) in [5, 5.41) is 8.81. The number of carbonyl (C=O) groups is 1. The van der Waals surface area contributed by atoms with Gasteiger partial charge in [0.2, 0.25) is 0 Å². The fourth-order valence-electron chi connectivity index (χ4n) is 2.44. The molecule has 1 saturated carbocycles. The number of carboxylic acid groups (broad SMARTS) is 1. The molecule has 0 amide bonds. The summed E-state index contributed by atoms with van der Waals surface area (Å²) in [6.45, 7) is 0.697. The third-order valence-corrected chi connectivity index (χ3v) is 3.71. The third kappa shape index (κ3) is 3.96. The predicted molar refractivity (Wildman–Crippen MR) is 71.7 cm³/mol. The Morgan fingerprint density at radius 1 is 1.21 bits per heavy atom. The van der Waals surface area contributed by atoms with Gasteiger partial charge in [0.15, 0.2) is 0 Å². The molecule has 1 N–H and O–H groups in total. The quantitative estimate of drug-likeness (QED) is 0.888. The summed E-state index contributed by atoms with van der Waals surface area (Å²) in [7, 11) is 1.77. The van der Waals surface area contributed by atoms with Crippen molar-refractivity contribution >= 4 is 5.97 Å². The van der Waals surface area contributed by atoms with E-state index < -0.39 is 5.97 Å². The highest BCUT2D eigenvalue weighted by molar-refractivity contribution is 5.87. The van der Waals surface area contributed by atoms with E-state index in [0.29, 0.717) is 18.6 Å². The summed E-state index contributed by atoms with van der Waals surface area (Å²) in [5.41, 5.74) is 0.285. The van der Waals surface area contributed by atoms with Crippen molar-refractivity contribution in [1.29, 1.82) is 0 Å². The van der Waals surface area contributed by atoms with E-state index in [9.17, 15) is 4.79 Å². The second kappa shape index (κ2) is 6.57. The van der Waals surface area contributed by atoms with E-state index in [4.69, 9.17) is 14.6 Å². The molecular weight excluding hydrogens is 244 g/mol.